The molecule has 0 heterocycles. The summed E-state index contributed by atoms with van der Waals surface area (Å²) in [4.78, 5) is -0.170. The molecule has 9 heteroatoms. The van der Waals surface area contributed by atoms with E-state index in [1.54, 1.807) is 6.92 Å². The summed E-state index contributed by atoms with van der Waals surface area (Å²) in [6.07, 6.45) is -7.33. The maximum Gasteiger partial charge on any atom is 0.416 e. The molecule has 1 rings (SSSR count). The van der Waals surface area contributed by atoms with Crippen LogP contribution in [0.1, 0.15) is 6.92 Å². The van der Waals surface area contributed by atoms with Gasteiger partial charge in [-0.3, -0.25) is 0 Å². The Morgan fingerprint density at radius 2 is 1.90 bits per heavy atom. The third-order valence-corrected chi connectivity index (χ3v) is 3.98. The first-order chi connectivity index (χ1) is 9.18. The van der Waals surface area contributed by atoms with Gasteiger partial charge in [0.2, 0.25) is 10.0 Å². The number of para-hydroxylation sites is 1. The van der Waals surface area contributed by atoms with Crippen molar-refractivity contribution < 1.29 is 26.7 Å². The maximum atomic E-state index is 12.2. The fourth-order valence-corrected chi connectivity index (χ4v) is 2.66. The van der Waals surface area contributed by atoms with Crippen molar-refractivity contribution in [2.24, 2.45) is 0 Å². The molecule has 1 unspecified atom stereocenters. The number of aliphatic hydroxyl groups excluding tert-OH is 1. The van der Waals surface area contributed by atoms with Gasteiger partial charge in [0.1, 0.15) is 4.90 Å². The Hall–Kier alpha value is -1.32. The summed E-state index contributed by atoms with van der Waals surface area (Å²) < 4.78 is 62.5. The van der Waals surface area contributed by atoms with E-state index in [9.17, 15) is 21.6 Å². The zero-order valence-corrected chi connectivity index (χ0v) is 11.4. The lowest BCUT2D eigenvalue weighted by Gasteiger charge is -2.17. The Bertz CT molecular complexity index is 546. The van der Waals surface area contributed by atoms with E-state index >= 15 is 0 Å². The van der Waals surface area contributed by atoms with Gasteiger partial charge in [-0.15, -0.1) is 0 Å². The standard InChI is InChI=1S/C11H15F3N2O3S/c1-2-16-20(18,19)9-6-4-3-5-8(9)15-7-10(17)11(12,13)14/h3-6,10,15-17H,2,7H2,1H3. The number of nitrogens with one attached hydrogen (secondary N) is 2. The molecular weight excluding hydrogens is 297 g/mol. The normalized spacial score (nSPS) is 14.1. The number of sulfonamides is 1. The van der Waals surface area contributed by atoms with E-state index < -0.39 is 28.8 Å². The minimum Gasteiger partial charge on any atom is -0.382 e. The van der Waals surface area contributed by atoms with Gasteiger partial charge in [-0.1, -0.05) is 19.1 Å². The lowest BCUT2D eigenvalue weighted by Crippen LogP contribution is -2.35. The summed E-state index contributed by atoms with van der Waals surface area (Å²) >= 11 is 0. The van der Waals surface area contributed by atoms with E-state index in [0.29, 0.717) is 0 Å². The number of aliphatic hydroxyl groups is 1. The molecule has 0 bridgehead atoms. The Morgan fingerprint density at radius 3 is 2.45 bits per heavy atom. The third-order valence-electron chi connectivity index (χ3n) is 2.37. The molecule has 0 aromatic heterocycles. The van der Waals surface area contributed by atoms with Gasteiger partial charge >= 0.3 is 6.18 Å². The molecule has 0 amide bonds. The maximum absolute atomic E-state index is 12.2. The van der Waals surface area contributed by atoms with E-state index in [1.807, 2.05) is 0 Å². The van der Waals surface area contributed by atoms with E-state index in [0.717, 1.165) is 0 Å². The van der Waals surface area contributed by atoms with Gasteiger partial charge in [-0.2, -0.15) is 13.2 Å². The highest BCUT2D eigenvalue weighted by Crippen LogP contribution is 2.23. The fourth-order valence-electron chi connectivity index (χ4n) is 1.44. The molecule has 1 atom stereocenters. The lowest BCUT2D eigenvalue weighted by molar-refractivity contribution is -0.198. The lowest BCUT2D eigenvalue weighted by atomic mass is 10.3. The van der Waals surface area contributed by atoms with Crippen molar-refractivity contribution >= 4 is 15.7 Å². The second-order valence-electron chi connectivity index (χ2n) is 3.94. The van der Waals surface area contributed by atoms with Crippen molar-refractivity contribution in [3.05, 3.63) is 24.3 Å². The molecule has 0 aliphatic carbocycles. The third kappa shape index (κ3) is 4.36. The van der Waals surface area contributed by atoms with Crippen LogP contribution in [0.4, 0.5) is 18.9 Å². The minimum atomic E-state index is -4.76. The average molecular weight is 312 g/mol. The molecule has 114 valence electrons. The van der Waals surface area contributed by atoms with Crippen LogP contribution >= 0.6 is 0 Å². The van der Waals surface area contributed by atoms with Crippen molar-refractivity contribution in [3.8, 4) is 0 Å². The number of anilines is 1. The number of hydrogen-bond acceptors (Lipinski definition) is 4. The van der Waals surface area contributed by atoms with Crippen LogP contribution < -0.4 is 10.0 Å². The predicted molar refractivity (Wildman–Crippen MR) is 67.9 cm³/mol. The van der Waals surface area contributed by atoms with Gasteiger partial charge in [-0.25, -0.2) is 13.1 Å². The topological polar surface area (TPSA) is 78.4 Å². The smallest absolute Gasteiger partial charge is 0.382 e. The van der Waals surface area contributed by atoms with Crippen LogP contribution in [0.2, 0.25) is 0 Å². The fraction of sp³-hybridized carbons (Fsp3) is 0.455. The summed E-state index contributed by atoms with van der Waals surface area (Å²) in [6, 6.07) is 5.52. The largest absolute Gasteiger partial charge is 0.416 e. The van der Waals surface area contributed by atoms with Gasteiger partial charge < -0.3 is 10.4 Å². The number of rotatable bonds is 6. The number of alkyl halides is 3. The van der Waals surface area contributed by atoms with Gasteiger partial charge in [0.05, 0.1) is 5.69 Å². The molecule has 0 aliphatic heterocycles. The first-order valence-electron chi connectivity index (χ1n) is 5.76. The molecule has 5 nitrogen and oxygen atoms in total. The van der Waals surface area contributed by atoms with Gasteiger partial charge in [0.25, 0.3) is 0 Å². The molecule has 0 aliphatic rings. The zero-order valence-electron chi connectivity index (χ0n) is 10.6. The number of halogens is 3. The zero-order chi connectivity index (χ0) is 15.4. The molecule has 3 N–H and O–H groups in total. The quantitative estimate of drug-likeness (QED) is 0.740. The van der Waals surface area contributed by atoms with Crippen LogP contribution in [0.3, 0.4) is 0 Å². The van der Waals surface area contributed by atoms with Crippen LogP contribution in [0.5, 0.6) is 0 Å². The highest BCUT2D eigenvalue weighted by Gasteiger charge is 2.38. The molecule has 1 aromatic rings. The Balaban J connectivity index is 2.93. The summed E-state index contributed by atoms with van der Waals surface area (Å²) in [5.41, 5.74) is -0.00301. The molecular formula is C11H15F3N2O3S. The molecule has 20 heavy (non-hydrogen) atoms. The highest BCUT2D eigenvalue weighted by molar-refractivity contribution is 7.89. The Kier molecular flexibility index (Phi) is 5.37. The molecule has 0 fully saturated rings. The van der Waals surface area contributed by atoms with Crippen LogP contribution in [-0.2, 0) is 10.0 Å². The monoisotopic (exact) mass is 312 g/mol. The minimum absolute atomic E-state index is 0.00301. The Morgan fingerprint density at radius 1 is 1.30 bits per heavy atom. The van der Waals surface area contributed by atoms with Crippen molar-refractivity contribution in [2.75, 3.05) is 18.4 Å². The average Bonchev–Trinajstić information content (AvgIpc) is 2.35. The summed E-state index contributed by atoms with van der Waals surface area (Å²) in [6.45, 7) is 0.908. The van der Waals surface area contributed by atoms with Crippen molar-refractivity contribution in [1.29, 1.82) is 0 Å². The van der Waals surface area contributed by atoms with Crippen LogP contribution in [0, 0.1) is 0 Å². The second-order valence-corrected chi connectivity index (χ2v) is 5.67. The van der Waals surface area contributed by atoms with E-state index in [1.165, 1.54) is 24.3 Å². The van der Waals surface area contributed by atoms with E-state index in [-0.39, 0.29) is 17.1 Å². The first-order valence-corrected chi connectivity index (χ1v) is 7.24. The van der Waals surface area contributed by atoms with Crippen molar-refractivity contribution in [1.82, 2.24) is 4.72 Å². The molecule has 0 saturated carbocycles. The molecule has 0 spiro atoms. The van der Waals surface area contributed by atoms with Crippen LogP contribution in [-0.4, -0.2) is 38.9 Å². The van der Waals surface area contributed by atoms with E-state index in [2.05, 4.69) is 10.0 Å². The molecule has 0 saturated heterocycles. The van der Waals surface area contributed by atoms with Gasteiger partial charge in [0, 0.05) is 13.1 Å². The first kappa shape index (κ1) is 16.7. The van der Waals surface area contributed by atoms with Crippen molar-refractivity contribution in [2.45, 2.75) is 24.1 Å². The highest BCUT2D eigenvalue weighted by atomic mass is 32.2. The predicted octanol–water partition coefficient (Wildman–Crippen LogP) is 1.32. The van der Waals surface area contributed by atoms with Crippen LogP contribution in [0.25, 0.3) is 0 Å². The summed E-state index contributed by atoms with van der Waals surface area (Å²) in [7, 11) is -3.80. The summed E-state index contributed by atoms with van der Waals surface area (Å²) in [5, 5.41) is 11.2. The Labute approximate surface area is 114 Å². The summed E-state index contributed by atoms with van der Waals surface area (Å²) in [5.74, 6) is 0. The van der Waals surface area contributed by atoms with Gasteiger partial charge in [0.15, 0.2) is 6.10 Å². The number of hydrogen-bond donors (Lipinski definition) is 3. The van der Waals surface area contributed by atoms with Crippen LogP contribution in [0.15, 0.2) is 29.2 Å². The SMILES string of the molecule is CCNS(=O)(=O)c1ccccc1NCC(O)C(F)(F)F. The second kappa shape index (κ2) is 6.42. The van der Waals surface area contributed by atoms with Crippen molar-refractivity contribution in [3.63, 3.8) is 0 Å². The van der Waals surface area contributed by atoms with E-state index in [4.69, 9.17) is 5.11 Å². The molecule has 0 radical (unpaired) electrons. The number of benzene rings is 1. The van der Waals surface area contributed by atoms with Gasteiger partial charge in [-0.05, 0) is 12.1 Å². The molecule has 1 aromatic carbocycles.